The lowest BCUT2D eigenvalue weighted by Gasteiger charge is -2.10. The largest absolute Gasteiger partial charge is 0.370 e. The fourth-order valence-electron chi connectivity index (χ4n) is 2.56. The first-order valence-electron chi connectivity index (χ1n) is 7.09. The first kappa shape index (κ1) is 13.3. The molecule has 1 aromatic rings. The van der Waals surface area contributed by atoms with Crippen LogP contribution in [-0.2, 0) is 6.42 Å². The fourth-order valence-corrected chi connectivity index (χ4v) is 2.56. The van der Waals surface area contributed by atoms with Gasteiger partial charge in [-0.25, -0.2) is 9.97 Å². The van der Waals surface area contributed by atoms with Crippen molar-refractivity contribution in [1.82, 2.24) is 15.3 Å². The van der Waals surface area contributed by atoms with Crippen LogP contribution in [0.15, 0.2) is 12.3 Å². The zero-order valence-corrected chi connectivity index (χ0v) is 11.3. The lowest BCUT2D eigenvalue weighted by molar-refractivity contribution is 0.518. The summed E-state index contributed by atoms with van der Waals surface area (Å²) >= 11 is 0. The molecule has 4 heteroatoms. The number of nitrogens with zero attached hydrogens (tertiary/aromatic N) is 2. The number of hydrogen-bond acceptors (Lipinski definition) is 4. The van der Waals surface area contributed by atoms with E-state index >= 15 is 0 Å². The van der Waals surface area contributed by atoms with Crippen LogP contribution in [0, 0.1) is 5.92 Å². The highest BCUT2D eigenvalue weighted by atomic mass is 15.0. The van der Waals surface area contributed by atoms with E-state index in [0.29, 0.717) is 0 Å². The molecule has 4 nitrogen and oxygen atoms in total. The van der Waals surface area contributed by atoms with Gasteiger partial charge in [0.1, 0.15) is 11.6 Å². The second-order valence-corrected chi connectivity index (χ2v) is 5.08. The molecule has 1 fully saturated rings. The highest BCUT2D eigenvalue weighted by molar-refractivity contribution is 5.32. The lowest BCUT2D eigenvalue weighted by atomic mass is 10.0. The number of nitrogens with one attached hydrogen (secondary N) is 2. The Bertz CT molecular complexity index is 347. The third kappa shape index (κ3) is 4.26. The summed E-state index contributed by atoms with van der Waals surface area (Å²) in [6.45, 7) is 1.96. The van der Waals surface area contributed by atoms with Gasteiger partial charge >= 0.3 is 0 Å². The number of aromatic nitrogens is 2. The van der Waals surface area contributed by atoms with Gasteiger partial charge in [-0.1, -0.05) is 25.7 Å². The quantitative estimate of drug-likeness (QED) is 0.777. The molecule has 1 aliphatic rings. The number of likely N-dealkylation sites (N-methyl/N-ethyl adjacent to an activating group) is 1. The summed E-state index contributed by atoms with van der Waals surface area (Å²) in [4.78, 5) is 8.78. The molecule has 0 unspecified atom stereocenters. The van der Waals surface area contributed by atoms with Crippen molar-refractivity contribution in [1.29, 1.82) is 0 Å². The van der Waals surface area contributed by atoms with E-state index in [2.05, 4.69) is 20.6 Å². The normalized spacial score (nSPS) is 16.1. The summed E-state index contributed by atoms with van der Waals surface area (Å²) in [5, 5.41) is 6.53. The van der Waals surface area contributed by atoms with E-state index in [4.69, 9.17) is 0 Å². The van der Waals surface area contributed by atoms with Gasteiger partial charge in [0, 0.05) is 25.7 Å². The first-order valence-corrected chi connectivity index (χ1v) is 7.09. The summed E-state index contributed by atoms with van der Waals surface area (Å²) in [7, 11) is 1.95. The van der Waals surface area contributed by atoms with Crippen LogP contribution in [0.2, 0.25) is 0 Å². The molecule has 0 bridgehead atoms. The van der Waals surface area contributed by atoms with Crippen LogP contribution in [0.5, 0.6) is 0 Å². The topological polar surface area (TPSA) is 49.8 Å². The van der Waals surface area contributed by atoms with Gasteiger partial charge in [-0.05, 0) is 25.5 Å². The Kier molecular flexibility index (Phi) is 5.39. The third-order valence-electron chi connectivity index (χ3n) is 3.64. The standard InChI is InChI=1S/C14H24N4/c1-15-9-7-13-17-11-8-14(18-13)16-10-6-12-4-2-3-5-12/h8,11-12,15H,2-7,9-10H2,1H3,(H,16,17,18). The van der Waals surface area contributed by atoms with Crippen molar-refractivity contribution in [2.45, 2.75) is 38.5 Å². The summed E-state index contributed by atoms with van der Waals surface area (Å²) in [5.74, 6) is 2.81. The Labute approximate surface area is 110 Å². The second kappa shape index (κ2) is 7.31. The van der Waals surface area contributed by atoms with E-state index < -0.39 is 0 Å². The van der Waals surface area contributed by atoms with Gasteiger partial charge in [-0.3, -0.25) is 0 Å². The predicted molar refractivity (Wildman–Crippen MR) is 74.7 cm³/mol. The van der Waals surface area contributed by atoms with E-state index in [-0.39, 0.29) is 0 Å². The molecule has 1 heterocycles. The van der Waals surface area contributed by atoms with E-state index in [9.17, 15) is 0 Å². The van der Waals surface area contributed by atoms with Crippen LogP contribution in [-0.4, -0.2) is 30.1 Å². The minimum absolute atomic E-state index is 0.884. The van der Waals surface area contributed by atoms with Gasteiger partial charge < -0.3 is 10.6 Å². The van der Waals surface area contributed by atoms with Crippen LogP contribution >= 0.6 is 0 Å². The maximum absolute atomic E-state index is 4.51. The Morgan fingerprint density at radius 3 is 2.89 bits per heavy atom. The number of anilines is 1. The molecular formula is C14H24N4. The first-order chi connectivity index (χ1) is 8.88. The van der Waals surface area contributed by atoms with Gasteiger partial charge in [-0.15, -0.1) is 0 Å². The molecule has 0 saturated heterocycles. The highest BCUT2D eigenvalue weighted by Gasteiger charge is 2.14. The predicted octanol–water partition coefficient (Wildman–Crippen LogP) is 2.23. The van der Waals surface area contributed by atoms with Crippen molar-refractivity contribution in [2.24, 2.45) is 5.92 Å². The van der Waals surface area contributed by atoms with Gasteiger partial charge in [-0.2, -0.15) is 0 Å². The zero-order chi connectivity index (χ0) is 12.6. The molecule has 0 spiro atoms. The molecule has 0 aliphatic heterocycles. The monoisotopic (exact) mass is 248 g/mol. The van der Waals surface area contributed by atoms with E-state index in [1.807, 2.05) is 19.3 Å². The molecule has 0 amide bonds. The van der Waals surface area contributed by atoms with E-state index in [1.54, 1.807) is 0 Å². The summed E-state index contributed by atoms with van der Waals surface area (Å²) in [6.07, 6.45) is 9.68. The second-order valence-electron chi connectivity index (χ2n) is 5.08. The lowest BCUT2D eigenvalue weighted by Crippen LogP contribution is -2.13. The van der Waals surface area contributed by atoms with Crippen molar-refractivity contribution < 1.29 is 0 Å². The molecule has 1 aliphatic carbocycles. The van der Waals surface area contributed by atoms with Crippen LogP contribution in [0.1, 0.15) is 37.9 Å². The van der Waals surface area contributed by atoms with Crippen molar-refractivity contribution in [3.63, 3.8) is 0 Å². The SMILES string of the molecule is CNCCc1nccc(NCCC2CCCC2)n1. The molecule has 2 rings (SSSR count). The summed E-state index contributed by atoms with van der Waals surface area (Å²) < 4.78 is 0. The van der Waals surface area contributed by atoms with Crippen molar-refractivity contribution >= 4 is 5.82 Å². The minimum Gasteiger partial charge on any atom is -0.370 e. The van der Waals surface area contributed by atoms with Crippen LogP contribution < -0.4 is 10.6 Å². The Balaban J connectivity index is 1.74. The fraction of sp³-hybridized carbons (Fsp3) is 0.714. The van der Waals surface area contributed by atoms with Crippen LogP contribution in [0.3, 0.4) is 0 Å². The number of hydrogen-bond donors (Lipinski definition) is 2. The molecule has 100 valence electrons. The van der Waals surface area contributed by atoms with Gasteiger partial charge in [0.25, 0.3) is 0 Å². The molecule has 0 radical (unpaired) electrons. The van der Waals surface area contributed by atoms with Gasteiger partial charge in [0.15, 0.2) is 0 Å². The highest BCUT2D eigenvalue weighted by Crippen LogP contribution is 2.27. The average Bonchev–Trinajstić information content (AvgIpc) is 2.90. The minimum atomic E-state index is 0.884. The molecule has 18 heavy (non-hydrogen) atoms. The average molecular weight is 248 g/mol. The van der Waals surface area contributed by atoms with Crippen molar-refractivity contribution in [3.8, 4) is 0 Å². The van der Waals surface area contributed by atoms with Gasteiger partial charge in [0.05, 0.1) is 0 Å². The maximum Gasteiger partial charge on any atom is 0.131 e. The molecule has 2 N–H and O–H groups in total. The molecule has 0 aromatic carbocycles. The van der Waals surface area contributed by atoms with E-state index in [1.165, 1.54) is 32.1 Å². The van der Waals surface area contributed by atoms with Gasteiger partial charge in [0.2, 0.25) is 0 Å². The van der Waals surface area contributed by atoms with Crippen molar-refractivity contribution in [2.75, 3.05) is 25.5 Å². The molecule has 1 saturated carbocycles. The molecular weight excluding hydrogens is 224 g/mol. The Hall–Kier alpha value is -1.16. The smallest absolute Gasteiger partial charge is 0.131 e. The summed E-state index contributed by atoms with van der Waals surface area (Å²) in [5.41, 5.74) is 0. The van der Waals surface area contributed by atoms with Crippen molar-refractivity contribution in [3.05, 3.63) is 18.1 Å². The zero-order valence-electron chi connectivity index (χ0n) is 11.3. The third-order valence-corrected chi connectivity index (χ3v) is 3.64. The summed E-state index contributed by atoms with van der Waals surface area (Å²) in [6, 6.07) is 1.96. The maximum atomic E-state index is 4.51. The molecule has 1 aromatic heterocycles. The molecule has 0 atom stereocenters. The van der Waals surface area contributed by atoms with Crippen LogP contribution in [0.25, 0.3) is 0 Å². The Morgan fingerprint density at radius 2 is 2.11 bits per heavy atom. The number of rotatable bonds is 7. The van der Waals surface area contributed by atoms with Crippen LogP contribution in [0.4, 0.5) is 5.82 Å². The van der Waals surface area contributed by atoms with E-state index in [0.717, 1.165) is 37.1 Å². The Morgan fingerprint density at radius 1 is 1.28 bits per heavy atom.